The van der Waals surface area contributed by atoms with Crippen molar-refractivity contribution in [3.8, 4) is 0 Å². The number of ether oxygens (including phenoxy) is 2. The number of carbonyl (C=O) groups excluding carboxylic acids is 7. The number of hydrogen-bond donors (Lipinski definition) is 4. The molecule has 1 aromatic rings. The molecule has 6 atom stereocenters. The number of likely N-dealkylation sites (N-methyl/N-ethyl adjacent to an activating group) is 1. The number of nitrogens with zero attached hydrogens (tertiary/aromatic N) is 2. The molecule has 308 valence electrons. The quantitative estimate of drug-likeness (QED) is 0.206. The van der Waals surface area contributed by atoms with E-state index in [2.05, 4.69) is 21.3 Å². The molecule has 15 heteroatoms. The molecule has 1 aromatic carbocycles. The van der Waals surface area contributed by atoms with Gasteiger partial charge in [-0.1, -0.05) is 62.4 Å². The Hall–Kier alpha value is -4.53. The predicted molar refractivity (Wildman–Crippen MR) is 206 cm³/mol. The number of rotatable bonds is 14. The monoisotopic (exact) mass is 780 g/mol. The Labute approximate surface area is 329 Å². The highest BCUT2D eigenvalue weighted by atomic mass is 16.6. The van der Waals surface area contributed by atoms with E-state index in [4.69, 9.17) is 9.47 Å². The van der Waals surface area contributed by atoms with Crippen LogP contribution < -0.4 is 21.3 Å². The third-order valence-corrected chi connectivity index (χ3v) is 11.1. The van der Waals surface area contributed by atoms with Crippen molar-refractivity contribution < 1.29 is 43.0 Å². The first-order valence-electron chi connectivity index (χ1n) is 20.0. The predicted octanol–water partition coefficient (Wildman–Crippen LogP) is 2.77. The summed E-state index contributed by atoms with van der Waals surface area (Å²) < 4.78 is 11.9. The minimum absolute atomic E-state index is 0.126. The second-order valence-corrected chi connectivity index (χ2v) is 17.7. The van der Waals surface area contributed by atoms with Gasteiger partial charge >= 0.3 is 6.09 Å². The van der Waals surface area contributed by atoms with Crippen molar-refractivity contribution in [2.75, 3.05) is 27.2 Å². The van der Waals surface area contributed by atoms with Crippen LogP contribution in [0.5, 0.6) is 0 Å². The smallest absolute Gasteiger partial charge is 0.408 e. The topological polar surface area (TPSA) is 193 Å². The van der Waals surface area contributed by atoms with E-state index in [1.54, 1.807) is 65.2 Å². The number of hydrogen-bond acceptors (Lipinski definition) is 9. The van der Waals surface area contributed by atoms with Crippen molar-refractivity contribution in [3.05, 3.63) is 35.9 Å². The van der Waals surface area contributed by atoms with Crippen molar-refractivity contribution in [1.29, 1.82) is 0 Å². The van der Waals surface area contributed by atoms with Gasteiger partial charge in [-0.15, -0.1) is 0 Å². The molecule has 4 N–H and O–H groups in total. The van der Waals surface area contributed by atoms with E-state index in [1.807, 2.05) is 13.8 Å². The number of nitrogens with one attached hydrogen (secondary N) is 4. The lowest BCUT2D eigenvalue weighted by Crippen LogP contribution is -2.59. The van der Waals surface area contributed by atoms with Crippen LogP contribution in [0.1, 0.15) is 104 Å². The number of Topliss-reactive ketones (excluding diaryl/α,β-unsaturated/α-hetero) is 1. The summed E-state index contributed by atoms with van der Waals surface area (Å²) in [6.45, 7) is 8.65. The Morgan fingerprint density at radius 3 is 2.20 bits per heavy atom. The molecule has 2 aliphatic heterocycles. The molecule has 0 spiro atoms. The Balaban J connectivity index is 1.31. The molecule has 4 aliphatic rings. The molecule has 0 aromatic heterocycles. The first-order chi connectivity index (χ1) is 26.3. The largest absolute Gasteiger partial charge is 0.444 e. The van der Waals surface area contributed by atoms with Crippen molar-refractivity contribution in [2.45, 2.75) is 134 Å². The zero-order valence-corrected chi connectivity index (χ0v) is 33.9. The number of alkyl carbamates (subject to hydrolysis) is 1. The molecule has 2 heterocycles. The van der Waals surface area contributed by atoms with Gasteiger partial charge < -0.3 is 40.5 Å². The summed E-state index contributed by atoms with van der Waals surface area (Å²) in [5.74, 6) is -4.42. The first-order valence-corrected chi connectivity index (χ1v) is 20.0. The van der Waals surface area contributed by atoms with E-state index in [0.717, 1.165) is 44.9 Å². The maximum absolute atomic E-state index is 14.6. The van der Waals surface area contributed by atoms with Gasteiger partial charge in [-0.05, 0) is 77.7 Å². The van der Waals surface area contributed by atoms with Crippen LogP contribution in [0.3, 0.4) is 0 Å². The summed E-state index contributed by atoms with van der Waals surface area (Å²) in [7, 11) is 3.13. The van der Waals surface area contributed by atoms with Crippen LogP contribution in [0.25, 0.3) is 0 Å². The van der Waals surface area contributed by atoms with E-state index in [9.17, 15) is 33.6 Å². The standard InChI is InChI=1S/C41H60N6O9/c1-40(2,3)56-39(54)45-32(26-16-12-9-13-17-26)38(53)47-23-29-27(21-41(4,5)55-29)33(47)35(50)43-28(20-24-18-19-24)34(49)36(51)42-22-30(48)44-31(37(52)46(6)7)25-14-10-8-11-15-25/h8,10-11,14-15,24,26-29,31-33H,9,12-13,16-23H2,1-7H3,(H,42,51)(H,43,50)(H,44,48)(H,45,54)/t27-,28?,29?,31-,32-,33-/m0/s1. The van der Waals surface area contributed by atoms with Gasteiger partial charge in [0.25, 0.3) is 5.91 Å². The highest BCUT2D eigenvalue weighted by molar-refractivity contribution is 6.38. The molecular weight excluding hydrogens is 720 g/mol. The number of ketones is 1. The summed E-state index contributed by atoms with van der Waals surface area (Å²) >= 11 is 0. The van der Waals surface area contributed by atoms with E-state index in [-0.39, 0.29) is 36.6 Å². The van der Waals surface area contributed by atoms with Crippen molar-refractivity contribution in [2.24, 2.45) is 17.8 Å². The van der Waals surface area contributed by atoms with Gasteiger partial charge in [0.1, 0.15) is 23.7 Å². The molecule has 15 nitrogen and oxygen atoms in total. The summed E-state index contributed by atoms with van der Waals surface area (Å²) in [6.07, 6.45) is 5.53. The van der Waals surface area contributed by atoms with Gasteiger partial charge in [0.2, 0.25) is 29.4 Å². The maximum atomic E-state index is 14.6. The normalized spacial score (nSPS) is 23.5. The molecule has 0 radical (unpaired) electrons. The Morgan fingerprint density at radius 2 is 1.59 bits per heavy atom. The zero-order valence-electron chi connectivity index (χ0n) is 33.9. The van der Waals surface area contributed by atoms with Crippen molar-refractivity contribution in [1.82, 2.24) is 31.1 Å². The van der Waals surface area contributed by atoms with Crippen LogP contribution in [0.4, 0.5) is 4.79 Å². The lowest BCUT2D eigenvalue weighted by Gasteiger charge is -2.36. The van der Waals surface area contributed by atoms with Crippen molar-refractivity contribution >= 4 is 41.4 Å². The molecule has 0 bridgehead atoms. The molecule has 5 rings (SSSR count). The molecule has 2 unspecified atom stereocenters. The van der Waals surface area contributed by atoms with Gasteiger partial charge in [-0.25, -0.2) is 4.79 Å². The minimum Gasteiger partial charge on any atom is -0.444 e. The molecule has 2 saturated carbocycles. The first kappa shape index (κ1) is 42.6. The second kappa shape index (κ2) is 17.7. The van der Waals surface area contributed by atoms with Crippen LogP contribution in [-0.4, -0.2) is 114 Å². The Bertz CT molecular complexity index is 1630. The number of benzene rings is 1. The number of likely N-dealkylation sites (tertiary alicyclic amines) is 1. The lowest BCUT2D eigenvalue weighted by atomic mass is 9.83. The zero-order chi connectivity index (χ0) is 40.9. The fourth-order valence-corrected chi connectivity index (χ4v) is 8.28. The van der Waals surface area contributed by atoms with Gasteiger partial charge in [0, 0.05) is 26.6 Å². The molecule has 2 aliphatic carbocycles. The van der Waals surface area contributed by atoms with Crippen LogP contribution in [0, 0.1) is 17.8 Å². The van der Waals surface area contributed by atoms with E-state index >= 15 is 0 Å². The highest BCUT2D eigenvalue weighted by Crippen LogP contribution is 2.44. The summed E-state index contributed by atoms with van der Waals surface area (Å²) in [6, 6.07) is 4.51. The van der Waals surface area contributed by atoms with Crippen LogP contribution in [-0.2, 0) is 38.2 Å². The molecule has 4 fully saturated rings. The molecule has 2 saturated heterocycles. The third-order valence-electron chi connectivity index (χ3n) is 11.1. The molecule has 6 amide bonds. The van der Waals surface area contributed by atoms with Crippen LogP contribution in [0.2, 0.25) is 0 Å². The number of fused-ring (bicyclic) bond motifs is 1. The van der Waals surface area contributed by atoms with E-state index in [0.29, 0.717) is 12.0 Å². The summed E-state index contributed by atoms with van der Waals surface area (Å²) in [5.41, 5.74) is -0.787. The molecular formula is C41H60N6O9. The van der Waals surface area contributed by atoms with Gasteiger partial charge in [-0.2, -0.15) is 0 Å². The fraction of sp³-hybridized carbons (Fsp3) is 0.683. The van der Waals surface area contributed by atoms with Crippen LogP contribution in [0.15, 0.2) is 30.3 Å². The SMILES string of the molecule is CN(C)C(=O)[C@@H](NC(=O)CNC(=O)C(=O)C(CC1CC1)NC(=O)[C@@H]1[C@H]2CC(C)(C)OC2CN1C(=O)[C@@H](NC(=O)OC(C)(C)C)C1CCCCC1)c1ccccc1. The Kier molecular flexibility index (Phi) is 13.5. The average molecular weight is 781 g/mol. The maximum Gasteiger partial charge on any atom is 0.408 e. The lowest BCUT2D eigenvalue weighted by molar-refractivity contribution is -0.145. The highest BCUT2D eigenvalue weighted by Gasteiger charge is 2.56. The second-order valence-electron chi connectivity index (χ2n) is 17.7. The van der Waals surface area contributed by atoms with Gasteiger partial charge in [0.15, 0.2) is 0 Å². The van der Waals surface area contributed by atoms with Gasteiger partial charge in [-0.3, -0.25) is 28.8 Å². The van der Waals surface area contributed by atoms with Crippen molar-refractivity contribution in [3.63, 3.8) is 0 Å². The number of amides is 6. The Morgan fingerprint density at radius 1 is 0.929 bits per heavy atom. The average Bonchev–Trinajstić information content (AvgIpc) is 3.82. The summed E-state index contributed by atoms with van der Waals surface area (Å²) in [5, 5.41) is 10.7. The molecule has 56 heavy (non-hydrogen) atoms. The van der Waals surface area contributed by atoms with E-state index < -0.39 is 83.5 Å². The minimum atomic E-state index is -1.20. The summed E-state index contributed by atoms with van der Waals surface area (Å²) in [4.78, 5) is 97.8. The number of carbonyl (C=O) groups is 7. The van der Waals surface area contributed by atoms with Crippen LogP contribution >= 0.6 is 0 Å². The van der Waals surface area contributed by atoms with Gasteiger partial charge in [0.05, 0.1) is 24.3 Å². The van der Waals surface area contributed by atoms with E-state index in [1.165, 1.54) is 9.80 Å². The third kappa shape index (κ3) is 11.1. The fourth-order valence-electron chi connectivity index (χ4n) is 8.28.